The first-order chi connectivity index (χ1) is 6.41. The van der Waals surface area contributed by atoms with Gasteiger partial charge < -0.3 is 16.1 Å². The fourth-order valence-corrected chi connectivity index (χ4v) is 0.917. The van der Waals surface area contributed by atoms with Gasteiger partial charge in [-0.3, -0.25) is 0 Å². The summed E-state index contributed by atoms with van der Waals surface area (Å²) in [6.07, 6.45) is -4.58. The van der Waals surface area contributed by atoms with Crippen LogP contribution in [0.2, 0.25) is 0 Å². The first-order valence-corrected chi connectivity index (χ1v) is 3.60. The first-order valence-electron chi connectivity index (χ1n) is 3.60. The van der Waals surface area contributed by atoms with Gasteiger partial charge in [0.1, 0.15) is 5.75 Å². The van der Waals surface area contributed by atoms with E-state index in [1.165, 1.54) is 12.1 Å². The second-order valence-corrected chi connectivity index (χ2v) is 2.44. The van der Waals surface area contributed by atoms with Crippen molar-refractivity contribution < 1.29 is 80.7 Å². The molecule has 1 aromatic rings. The van der Waals surface area contributed by atoms with E-state index in [1.54, 1.807) is 0 Å². The quantitative estimate of drug-likeness (QED) is 0.603. The van der Waals surface area contributed by atoms with Crippen molar-refractivity contribution in [3.63, 3.8) is 0 Å². The van der Waals surface area contributed by atoms with Crippen LogP contribution in [-0.2, 0) is 6.18 Å². The number of hydrogen-bond donors (Lipinski definition) is 2. The predicted molar refractivity (Wildman–Crippen MR) is 43.4 cm³/mol. The Morgan fingerprint density at radius 3 is 2.20 bits per heavy atom. The topological polar surface area (TPSA) is 49.7 Å². The molecule has 0 fully saturated rings. The molecular weight excluding hydrogens is 239 g/mol. The van der Waals surface area contributed by atoms with E-state index in [0.717, 1.165) is 12.1 Å². The number of alkyl halides is 3. The fraction of sp³-hybridized carbons (Fsp3) is 0.143. The van der Waals surface area contributed by atoms with Crippen molar-refractivity contribution in [1.82, 2.24) is 0 Å². The number of rotatable bonds is 2. The molecule has 1 aromatic carbocycles. The Kier molecular flexibility index (Phi) is 6.42. The summed E-state index contributed by atoms with van der Waals surface area (Å²) in [6, 6.07) is 4.27. The second kappa shape index (κ2) is 6.24. The maximum Gasteiger partial charge on any atom is 1.00 e. The standard InChI is InChI=1S/C7H6BF3O3.K.H/c9-7(10,11)5-3-1-2-4-6(5)14-8(12)13;;/h1-4,12-13H;;/q;+1;-1. The number of para-hydroxylation sites is 1. The van der Waals surface area contributed by atoms with Crippen LogP contribution in [0.5, 0.6) is 5.75 Å². The van der Waals surface area contributed by atoms with E-state index in [9.17, 15) is 13.2 Å². The minimum Gasteiger partial charge on any atom is -1.00 e. The maximum atomic E-state index is 12.3. The summed E-state index contributed by atoms with van der Waals surface area (Å²) >= 11 is 0. The minimum atomic E-state index is -4.58. The smallest absolute Gasteiger partial charge is 1.00 e. The van der Waals surface area contributed by atoms with Gasteiger partial charge in [-0.1, -0.05) is 12.1 Å². The molecule has 0 atom stereocenters. The Morgan fingerprint density at radius 1 is 1.20 bits per heavy atom. The third-order valence-corrected chi connectivity index (χ3v) is 1.42. The van der Waals surface area contributed by atoms with Gasteiger partial charge >= 0.3 is 64.9 Å². The molecule has 0 saturated carbocycles. The summed E-state index contributed by atoms with van der Waals surface area (Å²) in [6.45, 7) is 0. The van der Waals surface area contributed by atoms with Crippen molar-refractivity contribution in [3.8, 4) is 5.75 Å². The van der Waals surface area contributed by atoms with Gasteiger partial charge in [0.2, 0.25) is 0 Å². The second-order valence-electron chi connectivity index (χ2n) is 2.44. The van der Waals surface area contributed by atoms with Crippen LogP contribution in [0.25, 0.3) is 0 Å². The van der Waals surface area contributed by atoms with Crippen LogP contribution in [0.3, 0.4) is 0 Å². The van der Waals surface area contributed by atoms with Crippen LogP contribution in [-0.4, -0.2) is 17.4 Å². The minimum absolute atomic E-state index is 0. The van der Waals surface area contributed by atoms with Gasteiger partial charge in [-0.2, -0.15) is 13.2 Å². The van der Waals surface area contributed by atoms with Gasteiger partial charge in [0, 0.05) is 0 Å². The molecule has 0 spiro atoms. The van der Waals surface area contributed by atoms with Gasteiger partial charge in [-0.25, -0.2) is 0 Å². The Balaban J connectivity index is 0. The molecule has 78 valence electrons. The van der Waals surface area contributed by atoms with Gasteiger partial charge in [0.25, 0.3) is 0 Å². The van der Waals surface area contributed by atoms with E-state index in [-0.39, 0.29) is 52.8 Å². The predicted octanol–water partition coefficient (Wildman–Crippen LogP) is -1.83. The molecule has 0 amide bonds. The van der Waals surface area contributed by atoms with Gasteiger partial charge in [-0.15, -0.1) is 0 Å². The SMILES string of the molecule is OB(O)Oc1ccccc1C(F)(F)F.[H-].[K+]. The van der Waals surface area contributed by atoms with Crippen molar-refractivity contribution in [2.45, 2.75) is 6.18 Å². The van der Waals surface area contributed by atoms with Crippen LogP contribution in [0, 0.1) is 0 Å². The monoisotopic (exact) mass is 246 g/mol. The summed E-state index contributed by atoms with van der Waals surface area (Å²) in [7, 11) is -2.27. The largest absolute Gasteiger partial charge is 1.00 e. The zero-order valence-electron chi connectivity index (χ0n) is 8.82. The molecule has 0 aliphatic rings. The summed E-state index contributed by atoms with van der Waals surface area (Å²) in [4.78, 5) is 0. The van der Waals surface area contributed by atoms with E-state index < -0.39 is 24.8 Å². The van der Waals surface area contributed by atoms with E-state index >= 15 is 0 Å². The zero-order chi connectivity index (χ0) is 10.8. The summed E-state index contributed by atoms with van der Waals surface area (Å²) in [5, 5.41) is 16.7. The maximum absolute atomic E-state index is 12.3. The van der Waals surface area contributed by atoms with E-state index in [0.29, 0.717) is 0 Å². The molecule has 0 heterocycles. The van der Waals surface area contributed by atoms with Gasteiger partial charge in [0.05, 0.1) is 5.56 Å². The van der Waals surface area contributed by atoms with Crippen LogP contribution in [0.1, 0.15) is 6.99 Å². The molecule has 0 saturated heterocycles. The third-order valence-electron chi connectivity index (χ3n) is 1.42. The zero-order valence-corrected chi connectivity index (χ0v) is 10.9. The Bertz CT molecular complexity index is 324. The van der Waals surface area contributed by atoms with Crippen LogP contribution >= 0.6 is 0 Å². The Hall–Kier alpha value is 0.431. The van der Waals surface area contributed by atoms with Crippen molar-refractivity contribution in [2.75, 3.05) is 0 Å². The van der Waals surface area contributed by atoms with Crippen molar-refractivity contribution in [2.24, 2.45) is 0 Å². The molecule has 0 radical (unpaired) electrons. The molecule has 0 aromatic heterocycles. The molecule has 3 nitrogen and oxygen atoms in total. The summed E-state index contributed by atoms with van der Waals surface area (Å²) < 4.78 is 40.9. The average molecular weight is 246 g/mol. The molecule has 0 unspecified atom stereocenters. The number of halogens is 3. The van der Waals surface area contributed by atoms with Crippen LogP contribution in [0.15, 0.2) is 24.3 Å². The van der Waals surface area contributed by atoms with Crippen molar-refractivity contribution in [3.05, 3.63) is 29.8 Å². The van der Waals surface area contributed by atoms with E-state index in [4.69, 9.17) is 10.0 Å². The van der Waals surface area contributed by atoms with Crippen molar-refractivity contribution in [1.29, 1.82) is 0 Å². The molecule has 1 rings (SSSR count). The molecule has 0 aliphatic carbocycles. The molecule has 8 heteroatoms. The fourth-order valence-electron chi connectivity index (χ4n) is 0.917. The summed E-state index contributed by atoms with van der Waals surface area (Å²) in [5.41, 5.74) is -1.05. The molecule has 0 bridgehead atoms. The Labute approximate surface area is 128 Å². The molecular formula is C7H7BF3KO3. The van der Waals surface area contributed by atoms with E-state index in [1.807, 2.05) is 0 Å². The number of hydrogen-bond acceptors (Lipinski definition) is 3. The van der Waals surface area contributed by atoms with Crippen molar-refractivity contribution >= 4 is 7.32 Å². The molecule has 2 N–H and O–H groups in total. The first kappa shape index (κ1) is 15.4. The third kappa shape index (κ3) is 4.86. The molecule has 0 aliphatic heterocycles. The average Bonchev–Trinajstić information content (AvgIpc) is 2.01. The van der Waals surface area contributed by atoms with Gasteiger partial charge in [0.15, 0.2) is 0 Å². The normalized spacial score (nSPS) is 10.5. The van der Waals surface area contributed by atoms with Gasteiger partial charge in [-0.05, 0) is 12.1 Å². The van der Waals surface area contributed by atoms with E-state index in [2.05, 4.69) is 4.65 Å². The number of benzene rings is 1. The molecule has 15 heavy (non-hydrogen) atoms. The Morgan fingerprint density at radius 2 is 1.73 bits per heavy atom. The summed E-state index contributed by atoms with van der Waals surface area (Å²) in [5.74, 6) is -0.616. The van der Waals surface area contributed by atoms with Crippen LogP contribution in [0.4, 0.5) is 13.2 Å². The van der Waals surface area contributed by atoms with Crippen LogP contribution < -0.4 is 56.0 Å².